The molecule has 94 valence electrons. The maximum Gasteiger partial charge on any atom is 0.225 e. The number of aromatic nitrogens is 4. The Bertz CT molecular complexity index is 518. The molecule has 0 fully saturated rings. The summed E-state index contributed by atoms with van der Waals surface area (Å²) in [5, 5.41) is 3.09. The van der Waals surface area contributed by atoms with Gasteiger partial charge in [0.25, 0.3) is 0 Å². The first kappa shape index (κ1) is 11.2. The molecule has 3 rings (SSSR count). The van der Waals surface area contributed by atoms with Crippen molar-refractivity contribution in [3.05, 3.63) is 36.2 Å². The Morgan fingerprint density at radius 1 is 1.22 bits per heavy atom. The van der Waals surface area contributed by atoms with E-state index in [0.717, 1.165) is 43.5 Å². The number of nitrogens with zero attached hydrogens (tertiary/aromatic N) is 5. The quantitative estimate of drug-likeness (QED) is 0.847. The van der Waals surface area contributed by atoms with Crippen LogP contribution in [-0.2, 0) is 19.6 Å². The van der Waals surface area contributed by atoms with Gasteiger partial charge in [-0.05, 0) is 7.05 Å². The van der Waals surface area contributed by atoms with Crippen molar-refractivity contribution in [2.45, 2.75) is 19.6 Å². The fourth-order valence-electron chi connectivity index (χ4n) is 2.15. The lowest BCUT2D eigenvalue weighted by Gasteiger charge is -2.27. The first-order valence-electron chi connectivity index (χ1n) is 6.07. The van der Waals surface area contributed by atoms with E-state index in [2.05, 4.69) is 29.7 Å². The van der Waals surface area contributed by atoms with Crippen molar-refractivity contribution in [1.82, 2.24) is 24.8 Å². The molecule has 0 bridgehead atoms. The van der Waals surface area contributed by atoms with Gasteiger partial charge in [-0.15, -0.1) is 0 Å². The first-order chi connectivity index (χ1) is 8.86. The second-order valence-electron chi connectivity index (χ2n) is 4.38. The topological polar surface area (TPSA) is 58.9 Å². The second-order valence-corrected chi connectivity index (χ2v) is 4.38. The standard InChI is InChI=1S/C12H16N6/c1-13-6-10-7-15-12(16-8-10)18-5-4-17-3-2-14-11(17)9-18/h2-3,7-8,13H,4-6,9H2,1H3. The van der Waals surface area contributed by atoms with Crippen molar-refractivity contribution in [3.63, 3.8) is 0 Å². The third-order valence-corrected chi connectivity index (χ3v) is 3.10. The first-order valence-corrected chi connectivity index (χ1v) is 6.07. The lowest BCUT2D eigenvalue weighted by atomic mass is 10.3. The van der Waals surface area contributed by atoms with E-state index in [1.165, 1.54) is 0 Å². The lowest BCUT2D eigenvalue weighted by molar-refractivity contribution is 0.551. The molecule has 2 aromatic heterocycles. The molecule has 0 aromatic carbocycles. The average molecular weight is 244 g/mol. The maximum absolute atomic E-state index is 4.42. The van der Waals surface area contributed by atoms with Gasteiger partial charge >= 0.3 is 0 Å². The van der Waals surface area contributed by atoms with Gasteiger partial charge in [0.15, 0.2) is 0 Å². The van der Waals surface area contributed by atoms with Crippen LogP contribution in [-0.4, -0.2) is 33.1 Å². The van der Waals surface area contributed by atoms with Crippen molar-refractivity contribution < 1.29 is 0 Å². The van der Waals surface area contributed by atoms with Crippen molar-refractivity contribution in [3.8, 4) is 0 Å². The molecular formula is C12H16N6. The molecule has 0 amide bonds. The van der Waals surface area contributed by atoms with Crippen molar-refractivity contribution in [2.24, 2.45) is 0 Å². The number of imidazole rings is 1. The van der Waals surface area contributed by atoms with E-state index in [0.29, 0.717) is 0 Å². The van der Waals surface area contributed by atoms with Gasteiger partial charge < -0.3 is 14.8 Å². The number of hydrogen-bond acceptors (Lipinski definition) is 5. The molecule has 1 aliphatic heterocycles. The number of fused-ring (bicyclic) bond motifs is 1. The van der Waals surface area contributed by atoms with Crippen LogP contribution in [0.3, 0.4) is 0 Å². The third kappa shape index (κ3) is 2.06. The molecule has 0 spiro atoms. The van der Waals surface area contributed by atoms with E-state index >= 15 is 0 Å². The van der Waals surface area contributed by atoms with Crippen LogP contribution in [0.5, 0.6) is 0 Å². The molecule has 0 aliphatic carbocycles. The Labute approximate surface area is 106 Å². The van der Waals surface area contributed by atoms with Crippen LogP contribution < -0.4 is 10.2 Å². The highest BCUT2D eigenvalue weighted by Gasteiger charge is 2.18. The Morgan fingerprint density at radius 2 is 2.06 bits per heavy atom. The molecule has 18 heavy (non-hydrogen) atoms. The summed E-state index contributed by atoms with van der Waals surface area (Å²) in [6, 6.07) is 0. The molecule has 0 unspecified atom stereocenters. The molecule has 6 nitrogen and oxygen atoms in total. The summed E-state index contributed by atoms with van der Waals surface area (Å²) in [7, 11) is 1.92. The van der Waals surface area contributed by atoms with Gasteiger partial charge in [-0.25, -0.2) is 15.0 Å². The Kier molecular flexibility index (Phi) is 2.93. The van der Waals surface area contributed by atoms with E-state index in [4.69, 9.17) is 0 Å². The summed E-state index contributed by atoms with van der Waals surface area (Å²) in [5.74, 6) is 1.85. The zero-order chi connectivity index (χ0) is 12.4. The zero-order valence-corrected chi connectivity index (χ0v) is 10.4. The van der Waals surface area contributed by atoms with E-state index in [1.807, 2.05) is 31.8 Å². The van der Waals surface area contributed by atoms with Crippen LogP contribution in [0.25, 0.3) is 0 Å². The van der Waals surface area contributed by atoms with Gasteiger partial charge in [-0.1, -0.05) is 0 Å². The Morgan fingerprint density at radius 3 is 2.83 bits per heavy atom. The van der Waals surface area contributed by atoms with E-state index in [1.54, 1.807) is 0 Å². The summed E-state index contributed by atoms with van der Waals surface area (Å²) in [6.07, 6.45) is 7.61. The summed E-state index contributed by atoms with van der Waals surface area (Å²) in [5.41, 5.74) is 1.10. The van der Waals surface area contributed by atoms with Gasteiger partial charge in [0, 0.05) is 50.0 Å². The predicted octanol–water partition coefficient (Wildman–Crippen LogP) is 0.413. The summed E-state index contributed by atoms with van der Waals surface area (Å²) < 4.78 is 2.17. The van der Waals surface area contributed by atoms with Crippen LogP contribution >= 0.6 is 0 Å². The van der Waals surface area contributed by atoms with E-state index < -0.39 is 0 Å². The lowest BCUT2D eigenvalue weighted by Crippen LogP contribution is -2.34. The van der Waals surface area contributed by atoms with Crippen LogP contribution in [0.1, 0.15) is 11.4 Å². The van der Waals surface area contributed by atoms with E-state index in [-0.39, 0.29) is 0 Å². The minimum atomic E-state index is 0.776. The SMILES string of the molecule is CNCc1cnc(N2CCn3ccnc3C2)nc1. The van der Waals surface area contributed by atoms with Crippen molar-refractivity contribution in [1.29, 1.82) is 0 Å². The van der Waals surface area contributed by atoms with Crippen molar-refractivity contribution >= 4 is 5.95 Å². The fraction of sp³-hybridized carbons (Fsp3) is 0.417. The summed E-state index contributed by atoms with van der Waals surface area (Å²) in [6.45, 7) is 3.44. The highest BCUT2D eigenvalue weighted by atomic mass is 15.3. The van der Waals surface area contributed by atoms with Crippen LogP contribution in [0.4, 0.5) is 5.95 Å². The smallest absolute Gasteiger partial charge is 0.225 e. The monoisotopic (exact) mass is 244 g/mol. The number of hydrogen-bond donors (Lipinski definition) is 1. The Hall–Kier alpha value is -1.95. The molecule has 1 aliphatic rings. The van der Waals surface area contributed by atoms with Crippen LogP contribution in [0.2, 0.25) is 0 Å². The summed E-state index contributed by atoms with van der Waals surface area (Å²) in [4.78, 5) is 15.3. The zero-order valence-electron chi connectivity index (χ0n) is 10.4. The third-order valence-electron chi connectivity index (χ3n) is 3.10. The number of rotatable bonds is 3. The van der Waals surface area contributed by atoms with Crippen molar-refractivity contribution in [2.75, 3.05) is 18.5 Å². The van der Waals surface area contributed by atoms with Crippen LogP contribution in [0.15, 0.2) is 24.8 Å². The van der Waals surface area contributed by atoms with Gasteiger partial charge in [0.05, 0.1) is 6.54 Å². The summed E-state index contributed by atoms with van der Waals surface area (Å²) >= 11 is 0. The number of nitrogens with one attached hydrogen (secondary N) is 1. The molecule has 0 atom stereocenters. The highest BCUT2D eigenvalue weighted by molar-refractivity contribution is 5.31. The molecule has 3 heterocycles. The second kappa shape index (κ2) is 4.73. The predicted molar refractivity (Wildman–Crippen MR) is 68.1 cm³/mol. The van der Waals surface area contributed by atoms with Crippen LogP contribution in [0, 0.1) is 0 Å². The molecule has 2 aromatic rings. The normalized spacial score (nSPS) is 14.6. The average Bonchev–Trinajstić information content (AvgIpc) is 2.87. The van der Waals surface area contributed by atoms with Gasteiger partial charge in [-0.2, -0.15) is 0 Å². The molecule has 0 radical (unpaired) electrons. The molecule has 0 saturated heterocycles. The van der Waals surface area contributed by atoms with Gasteiger partial charge in [0.2, 0.25) is 5.95 Å². The highest BCUT2D eigenvalue weighted by Crippen LogP contribution is 2.15. The Balaban J connectivity index is 1.76. The minimum Gasteiger partial charge on any atom is -0.332 e. The largest absolute Gasteiger partial charge is 0.332 e. The number of anilines is 1. The molecule has 1 N–H and O–H groups in total. The van der Waals surface area contributed by atoms with Gasteiger partial charge in [-0.3, -0.25) is 0 Å². The maximum atomic E-state index is 4.42. The molecule has 0 saturated carbocycles. The molecular weight excluding hydrogens is 228 g/mol. The van der Waals surface area contributed by atoms with Gasteiger partial charge in [0.1, 0.15) is 5.82 Å². The fourth-order valence-corrected chi connectivity index (χ4v) is 2.15. The van der Waals surface area contributed by atoms with E-state index in [9.17, 15) is 0 Å². The minimum absolute atomic E-state index is 0.776. The molecule has 6 heteroatoms.